The Labute approximate surface area is 143 Å². The summed E-state index contributed by atoms with van der Waals surface area (Å²) in [5.41, 5.74) is 0. The molecule has 2 saturated heterocycles. The van der Waals surface area contributed by atoms with Gasteiger partial charge in [0.15, 0.2) is 0 Å². The average Bonchev–Trinajstić information content (AvgIpc) is 2.48. The number of piperidine rings is 1. The van der Waals surface area contributed by atoms with E-state index in [9.17, 15) is 13.2 Å². The Morgan fingerprint density at radius 1 is 1.00 bits per heavy atom. The third-order valence-electron chi connectivity index (χ3n) is 4.47. The summed E-state index contributed by atoms with van der Waals surface area (Å²) in [6.07, 6.45) is -0.988. The molecule has 2 aliphatic rings. The van der Waals surface area contributed by atoms with Gasteiger partial charge < -0.3 is 19.9 Å². The number of nitrogens with zero attached hydrogens (tertiary/aromatic N) is 2. The Balaban J connectivity index is 0.00000264. The summed E-state index contributed by atoms with van der Waals surface area (Å²) >= 11 is 0. The fourth-order valence-corrected chi connectivity index (χ4v) is 3.20. The van der Waals surface area contributed by atoms with E-state index in [2.05, 4.69) is 19.9 Å². The predicted molar refractivity (Wildman–Crippen MR) is 87.2 cm³/mol. The molecule has 2 fully saturated rings. The van der Waals surface area contributed by atoms with Crippen LogP contribution in [0.15, 0.2) is 0 Å². The third kappa shape index (κ3) is 9.10. The quantitative estimate of drug-likeness (QED) is 0.704. The van der Waals surface area contributed by atoms with E-state index in [4.69, 9.17) is 0 Å². The van der Waals surface area contributed by atoms with E-state index in [1.165, 1.54) is 19.4 Å². The zero-order valence-corrected chi connectivity index (χ0v) is 14.4. The first kappa shape index (κ1) is 21.0. The first-order valence-corrected chi connectivity index (χ1v) is 8.33. The summed E-state index contributed by atoms with van der Waals surface area (Å²) in [7, 11) is 0. The summed E-state index contributed by atoms with van der Waals surface area (Å²) in [5, 5.41) is 3.39. The summed E-state index contributed by atoms with van der Waals surface area (Å²) < 4.78 is 40.4. The van der Waals surface area contributed by atoms with Crippen LogP contribution in [0.3, 0.4) is 0 Å². The van der Waals surface area contributed by atoms with Crippen molar-refractivity contribution in [2.75, 3.05) is 65.6 Å². The molecule has 0 bridgehead atoms. The van der Waals surface area contributed by atoms with Gasteiger partial charge in [0.05, 0.1) is 0 Å². The van der Waals surface area contributed by atoms with Crippen LogP contribution in [-0.4, -0.2) is 81.5 Å². The molecule has 138 valence electrons. The highest BCUT2D eigenvalue weighted by molar-refractivity contribution is 5.85. The smallest absolute Gasteiger partial charge is 0.372 e. The molecule has 0 unspecified atom stereocenters. The lowest BCUT2D eigenvalue weighted by Gasteiger charge is -2.37. The Morgan fingerprint density at radius 2 is 1.61 bits per heavy atom. The molecule has 8 heteroatoms. The Morgan fingerprint density at radius 3 is 2.22 bits per heavy atom. The van der Waals surface area contributed by atoms with Crippen molar-refractivity contribution in [1.29, 1.82) is 0 Å². The van der Waals surface area contributed by atoms with E-state index in [-0.39, 0.29) is 19.0 Å². The second-order valence-corrected chi connectivity index (χ2v) is 6.36. The fraction of sp³-hybridized carbons (Fsp3) is 1.00. The van der Waals surface area contributed by atoms with Gasteiger partial charge in [-0.25, -0.2) is 0 Å². The van der Waals surface area contributed by atoms with Crippen molar-refractivity contribution in [2.24, 2.45) is 5.92 Å². The van der Waals surface area contributed by atoms with Crippen molar-refractivity contribution >= 4 is 12.4 Å². The number of rotatable bonds is 7. The van der Waals surface area contributed by atoms with Crippen LogP contribution in [0.25, 0.3) is 0 Å². The van der Waals surface area contributed by atoms with Gasteiger partial charge in [0.25, 0.3) is 0 Å². The minimum Gasteiger partial charge on any atom is -0.372 e. The summed E-state index contributed by atoms with van der Waals surface area (Å²) in [4.78, 5) is 4.86. The first-order valence-electron chi connectivity index (χ1n) is 8.33. The number of alkyl halides is 3. The van der Waals surface area contributed by atoms with E-state index in [0.717, 1.165) is 51.7 Å². The maximum Gasteiger partial charge on any atom is 0.411 e. The molecule has 2 rings (SSSR count). The van der Waals surface area contributed by atoms with Gasteiger partial charge in [0.2, 0.25) is 0 Å². The van der Waals surface area contributed by atoms with E-state index in [1.54, 1.807) is 0 Å². The standard InChI is InChI=1S/C15H28F3N3O.ClH/c16-15(17,18)13-22-11-1-6-20-7-9-21(10-8-20)12-14-2-4-19-5-3-14;/h14,19H,1-13H2;1H. The lowest BCUT2D eigenvalue weighted by Crippen LogP contribution is -2.48. The van der Waals surface area contributed by atoms with Crippen molar-refractivity contribution in [2.45, 2.75) is 25.4 Å². The van der Waals surface area contributed by atoms with E-state index in [0.29, 0.717) is 6.42 Å². The number of hydrogen-bond donors (Lipinski definition) is 1. The predicted octanol–water partition coefficient (Wildman–Crippen LogP) is 1.99. The van der Waals surface area contributed by atoms with Crippen LogP contribution in [0.1, 0.15) is 19.3 Å². The highest BCUT2D eigenvalue weighted by Gasteiger charge is 2.27. The van der Waals surface area contributed by atoms with Gasteiger partial charge in [0.1, 0.15) is 6.61 Å². The van der Waals surface area contributed by atoms with Gasteiger partial charge in [-0.2, -0.15) is 13.2 Å². The first-order chi connectivity index (χ1) is 10.5. The van der Waals surface area contributed by atoms with Crippen molar-refractivity contribution < 1.29 is 17.9 Å². The minimum atomic E-state index is -4.21. The molecule has 0 aromatic heterocycles. The van der Waals surface area contributed by atoms with Gasteiger partial charge in [-0.05, 0) is 38.3 Å². The van der Waals surface area contributed by atoms with Crippen LogP contribution in [0.4, 0.5) is 13.2 Å². The molecule has 4 nitrogen and oxygen atoms in total. The van der Waals surface area contributed by atoms with Crippen LogP contribution < -0.4 is 5.32 Å². The highest BCUT2D eigenvalue weighted by Crippen LogP contribution is 2.16. The molecule has 0 aromatic rings. The van der Waals surface area contributed by atoms with E-state index in [1.807, 2.05) is 0 Å². The minimum absolute atomic E-state index is 0. The Bertz CT molecular complexity index is 307. The molecule has 0 aromatic carbocycles. The number of hydrogen-bond acceptors (Lipinski definition) is 4. The summed E-state index contributed by atoms with van der Waals surface area (Å²) in [6, 6.07) is 0. The Kier molecular flexibility index (Phi) is 9.77. The number of halogens is 4. The molecule has 23 heavy (non-hydrogen) atoms. The molecule has 2 aliphatic heterocycles. The number of piperazine rings is 1. The normalized spacial score (nSPS) is 22.0. The second-order valence-electron chi connectivity index (χ2n) is 6.36. The molecule has 0 radical (unpaired) electrons. The molecular weight excluding hydrogens is 331 g/mol. The number of nitrogens with one attached hydrogen (secondary N) is 1. The molecular formula is C15H29ClF3N3O. The van der Waals surface area contributed by atoms with E-state index < -0.39 is 12.8 Å². The molecule has 0 spiro atoms. The van der Waals surface area contributed by atoms with Crippen molar-refractivity contribution in [3.63, 3.8) is 0 Å². The van der Waals surface area contributed by atoms with Gasteiger partial charge >= 0.3 is 6.18 Å². The van der Waals surface area contributed by atoms with Gasteiger partial charge in [-0.15, -0.1) is 12.4 Å². The van der Waals surface area contributed by atoms with Crippen LogP contribution >= 0.6 is 12.4 Å². The second kappa shape index (κ2) is 10.7. The molecule has 0 saturated carbocycles. The van der Waals surface area contributed by atoms with Gasteiger partial charge in [-0.3, -0.25) is 0 Å². The topological polar surface area (TPSA) is 27.7 Å². The van der Waals surface area contributed by atoms with E-state index >= 15 is 0 Å². The van der Waals surface area contributed by atoms with Crippen molar-refractivity contribution in [3.05, 3.63) is 0 Å². The number of ether oxygens (including phenoxy) is 1. The largest absolute Gasteiger partial charge is 0.411 e. The zero-order chi connectivity index (χ0) is 15.8. The molecule has 2 heterocycles. The van der Waals surface area contributed by atoms with Crippen LogP contribution in [0.2, 0.25) is 0 Å². The third-order valence-corrected chi connectivity index (χ3v) is 4.47. The van der Waals surface area contributed by atoms with Crippen LogP contribution in [-0.2, 0) is 4.74 Å². The molecule has 0 aliphatic carbocycles. The average molecular weight is 360 g/mol. The lowest BCUT2D eigenvalue weighted by atomic mass is 9.97. The van der Waals surface area contributed by atoms with Crippen LogP contribution in [0, 0.1) is 5.92 Å². The van der Waals surface area contributed by atoms with Gasteiger partial charge in [-0.1, -0.05) is 0 Å². The summed E-state index contributed by atoms with van der Waals surface area (Å²) in [5.74, 6) is 0.823. The van der Waals surface area contributed by atoms with Crippen LogP contribution in [0.5, 0.6) is 0 Å². The molecule has 0 atom stereocenters. The van der Waals surface area contributed by atoms with Gasteiger partial charge in [0, 0.05) is 45.9 Å². The zero-order valence-electron chi connectivity index (χ0n) is 13.6. The maximum atomic E-state index is 11.9. The maximum absolute atomic E-state index is 11.9. The molecule has 0 amide bonds. The van der Waals surface area contributed by atoms with Crippen molar-refractivity contribution in [3.8, 4) is 0 Å². The lowest BCUT2D eigenvalue weighted by molar-refractivity contribution is -0.174. The monoisotopic (exact) mass is 359 g/mol. The molecule has 1 N–H and O–H groups in total. The summed E-state index contributed by atoms with van der Waals surface area (Å²) in [6.45, 7) is 7.56. The van der Waals surface area contributed by atoms with Crippen molar-refractivity contribution in [1.82, 2.24) is 15.1 Å². The fourth-order valence-electron chi connectivity index (χ4n) is 3.20. The Hall–Kier alpha value is -0.0800. The SMILES string of the molecule is Cl.FC(F)(F)COCCCN1CCN(CC2CCNCC2)CC1. The highest BCUT2D eigenvalue weighted by atomic mass is 35.5.